The minimum atomic E-state index is 0.0447. The van der Waals surface area contributed by atoms with Crippen molar-refractivity contribution in [1.82, 2.24) is 20.1 Å². The largest absolute Gasteiger partial charge is 0.362 e. The molecule has 2 fully saturated rings. The number of aromatic nitrogens is 1. The van der Waals surface area contributed by atoms with E-state index >= 15 is 0 Å². The van der Waals surface area contributed by atoms with Crippen molar-refractivity contribution in [3.8, 4) is 0 Å². The van der Waals surface area contributed by atoms with Crippen LogP contribution >= 0.6 is 0 Å². The molecular weight excluding hydrogens is 328 g/mol. The van der Waals surface area contributed by atoms with Crippen LogP contribution in [0.25, 0.3) is 0 Å². The van der Waals surface area contributed by atoms with E-state index in [1.165, 1.54) is 19.3 Å². The van der Waals surface area contributed by atoms with Crippen LogP contribution in [0.4, 0.5) is 4.79 Å². The van der Waals surface area contributed by atoms with Crippen LogP contribution < -0.4 is 5.32 Å². The van der Waals surface area contributed by atoms with E-state index in [0.717, 1.165) is 49.3 Å². The van der Waals surface area contributed by atoms with Crippen LogP contribution in [0.3, 0.4) is 0 Å². The Hall–Kier alpha value is -1.98. The molecule has 6 nitrogen and oxygen atoms in total. The Morgan fingerprint density at radius 1 is 1.04 bits per heavy atom. The molecule has 0 bridgehead atoms. The molecular formula is C20H32N4O2. The zero-order chi connectivity index (χ0) is 18.5. The zero-order valence-electron chi connectivity index (χ0n) is 16.1. The van der Waals surface area contributed by atoms with Gasteiger partial charge in [-0.05, 0) is 44.7 Å². The summed E-state index contributed by atoms with van der Waals surface area (Å²) in [7, 11) is 0. The Balaban J connectivity index is 1.50. The van der Waals surface area contributed by atoms with Crippen LogP contribution in [-0.2, 0) is 11.2 Å². The monoisotopic (exact) mass is 360 g/mol. The highest BCUT2D eigenvalue weighted by molar-refractivity contribution is 5.79. The van der Waals surface area contributed by atoms with Crippen LogP contribution in [-0.4, -0.2) is 58.9 Å². The number of hydrogen-bond acceptors (Lipinski definition) is 2. The number of urea groups is 1. The van der Waals surface area contributed by atoms with Crippen molar-refractivity contribution in [2.24, 2.45) is 0 Å². The molecule has 0 atom stereocenters. The summed E-state index contributed by atoms with van der Waals surface area (Å²) in [6.07, 6.45) is 7.18. The molecule has 1 aliphatic carbocycles. The maximum Gasteiger partial charge on any atom is 0.317 e. The Kier molecular flexibility index (Phi) is 6.22. The zero-order valence-corrected chi connectivity index (χ0v) is 16.1. The number of aromatic amines is 1. The van der Waals surface area contributed by atoms with Crippen LogP contribution in [0, 0.1) is 13.8 Å². The first-order chi connectivity index (χ1) is 12.5. The molecule has 3 amide bonds. The summed E-state index contributed by atoms with van der Waals surface area (Å²) in [5, 5.41) is 3.19. The number of aryl methyl sites for hydroxylation is 2. The second-order valence-corrected chi connectivity index (χ2v) is 7.79. The fourth-order valence-electron chi connectivity index (χ4n) is 4.12. The van der Waals surface area contributed by atoms with Gasteiger partial charge in [-0.1, -0.05) is 19.3 Å². The maximum absolute atomic E-state index is 12.7. The highest BCUT2D eigenvalue weighted by atomic mass is 16.2. The quantitative estimate of drug-likeness (QED) is 0.870. The summed E-state index contributed by atoms with van der Waals surface area (Å²) in [4.78, 5) is 32.3. The minimum Gasteiger partial charge on any atom is -0.362 e. The Labute approximate surface area is 156 Å². The molecule has 26 heavy (non-hydrogen) atoms. The van der Waals surface area contributed by atoms with E-state index in [9.17, 15) is 9.59 Å². The predicted molar refractivity (Wildman–Crippen MR) is 102 cm³/mol. The molecule has 3 rings (SSSR count). The highest BCUT2D eigenvalue weighted by Crippen LogP contribution is 2.18. The maximum atomic E-state index is 12.7. The van der Waals surface area contributed by atoms with Crippen LogP contribution in [0.2, 0.25) is 0 Å². The van der Waals surface area contributed by atoms with E-state index in [0.29, 0.717) is 25.6 Å². The number of nitrogens with zero attached hydrogens (tertiary/aromatic N) is 2. The summed E-state index contributed by atoms with van der Waals surface area (Å²) in [5.41, 5.74) is 3.23. The molecule has 1 aliphatic heterocycles. The van der Waals surface area contributed by atoms with Gasteiger partial charge in [0.15, 0.2) is 0 Å². The minimum absolute atomic E-state index is 0.0447. The Bertz CT molecular complexity index is 634. The summed E-state index contributed by atoms with van der Waals surface area (Å²) < 4.78 is 0. The van der Waals surface area contributed by atoms with Gasteiger partial charge in [0.1, 0.15) is 0 Å². The van der Waals surface area contributed by atoms with E-state index < -0.39 is 0 Å². The van der Waals surface area contributed by atoms with Crippen molar-refractivity contribution >= 4 is 11.9 Å². The average molecular weight is 361 g/mol. The van der Waals surface area contributed by atoms with Crippen LogP contribution in [0.5, 0.6) is 0 Å². The van der Waals surface area contributed by atoms with Gasteiger partial charge in [-0.3, -0.25) is 4.79 Å². The fourth-order valence-corrected chi connectivity index (χ4v) is 4.12. The van der Waals surface area contributed by atoms with Crippen molar-refractivity contribution in [3.63, 3.8) is 0 Å². The molecule has 0 spiro atoms. The lowest BCUT2D eigenvalue weighted by Gasteiger charge is -2.27. The van der Waals surface area contributed by atoms with Crippen molar-refractivity contribution in [2.75, 3.05) is 26.2 Å². The van der Waals surface area contributed by atoms with Gasteiger partial charge in [0, 0.05) is 43.6 Å². The number of nitrogens with one attached hydrogen (secondary N) is 2. The molecule has 0 unspecified atom stereocenters. The first kappa shape index (κ1) is 18.8. The molecule has 2 heterocycles. The number of amides is 3. The first-order valence-corrected chi connectivity index (χ1v) is 10.0. The van der Waals surface area contributed by atoms with Crippen molar-refractivity contribution < 1.29 is 9.59 Å². The number of carbonyl (C=O) groups is 2. The number of H-pyrrole nitrogens is 1. The number of carbonyl (C=O) groups excluding carboxylic acids is 2. The van der Waals surface area contributed by atoms with E-state index in [1.807, 2.05) is 23.6 Å². The third-order valence-electron chi connectivity index (χ3n) is 5.67. The molecule has 2 N–H and O–H groups in total. The van der Waals surface area contributed by atoms with Gasteiger partial charge in [0.25, 0.3) is 0 Å². The van der Waals surface area contributed by atoms with E-state index in [4.69, 9.17) is 0 Å². The van der Waals surface area contributed by atoms with Gasteiger partial charge >= 0.3 is 6.03 Å². The van der Waals surface area contributed by atoms with Gasteiger partial charge in [-0.2, -0.15) is 0 Å². The van der Waals surface area contributed by atoms with Gasteiger partial charge in [-0.15, -0.1) is 0 Å². The lowest BCUT2D eigenvalue weighted by molar-refractivity contribution is -0.130. The normalized spacial score (nSPS) is 19.3. The number of hydrogen-bond donors (Lipinski definition) is 2. The van der Waals surface area contributed by atoms with Gasteiger partial charge < -0.3 is 20.1 Å². The van der Waals surface area contributed by atoms with Crippen molar-refractivity contribution in [1.29, 1.82) is 0 Å². The highest BCUT2D eigenvalue weighted by Gasteiger charge is 2.24. The van der Waals surface area contributed by atoms with Gasteiger partial charge in [0.05, 0.1) is 6.42 Å². The van der Waals surface area contributed by atoms with E-state index in [1.54, 1.807) is 0 Å². The topological polar surface area (TPSA) is 68.4 Å². The molecule has 1 saturated carbocycles. The molecule has 6 heteroatoms. The number of rotatable bonds is 3. The second-order valence-electron chi connectivity index (χ2n) is 7.79. The van der Waals surface area contributed by atoms with Crippen molar-refractivity contribution in [3.05, 3.63) is 23.0 Å². The average Bonchev–Trinajstić information content (AvgIpc) is 2.82. The van der Waals surface area contributed by atoms with Gasteiger partial charge in [-0.25, -0.2) is 4.79 Å². The predicted octanol–water partition coefficient (Wildman–Crippen LogP) is 2.75. The second kappa shape index (κ2) is 8.60. The van der Waals surface area contributed by atoms with Crippen LogP contribution in [0.15, 0.2) is 6.07 Å². The smallest absolute Gasteiger partial charge is 0.317 e. The lowest BCUT2D eigenvalue weighted by Crippen LogP contribution is -2.47. The molecule has 2 aliphatic rings. The third-order valence-corrected chi connectivity index (χ3v) is 5.67. The molecule has 1 saturated heterocycles. The van der Waals surface area contributed by atoms with E-state index in [-0.39, 0.29) is 11.9 Å². The first-order valence-electron chi connectivity index (χ1n) is 10.0. The SMILES string of the molecule is Cc1cc(CC(=O)N2CCCN(C(=O)NC3CCCCC3)CC2)c(C)[nH]1. The summed E-state index contributed by atoms with van der Waals surface area (Å²) in [6, 6.07) is 2.43. The Morgan fingerprint density at radius 2 is 1.73 bits per heavy atom. The Morgan fingerprint density at radius 3 is 2.42 bits per heavy atom. The lowest BCUT2D eigenvalue weighted by atomic mass is 9.96. The van der Waals surface area contributed by atoms with Crippen LogP contribution in [0.1, 0.15) is 55.5 Å². The third kappa shape index (κ3) is 4.80. The molecule has 1 aromatic heterocycles. The van der Waals surface area contributed by atoms with E-state index in [2.05, 4.69) is 16.4 Å². The molecule has 1 aromatic rings. The fraction of sp³-hybridized carbons (Fsp3) is 0.700. The summed E-state index contributed by atoms with van der Waals surface area (Å²) in [5.74, 6) is 0.154. The standard InChI is InChI=1S/C20H32N4O2/c1-15-13-17(16(2)21-15)14-19(25)23-9-6-10-24(12-11-23)20(26)22-18-7-4-3-5-8-18/h13,18,21H,3-12,14H2,1-2H3,(H,22,26). The molecule has 0 radical (unpaired) electrons. The van der Waals surface area contributed by atoms with Gasteiger partial charge in [0.2, 0.25) is 5.91 Å². The summed E-state index contributed by atoms with van der Waals surface area (Å²) in [6.45, 7) is 6.72. The molecule has 144 valence electrons. The molecule has 0 aromatic carbocycles. The van der Waals surface area contributed by atoms with Crippen molar-refractivity contribution in [2.45, 2.75) is 64.8 Å². The summed E-state index contributed by atoms with van der Waals surface area (Å²) >= 11 is 0.